The van der Waals surface area contributed by atoms with Crippen LogP contribution in [0, 0.1) is 23.7 Å². The van der Waals surface area contributed by atoms with Crippen molar-refractivity contribution in [3.05, 3.63) is 12.3 Å². The van der Waals surface area contributed by atoms with Gasteiger partial charge < -0.3 is 64.0 Å². The Bertz CT molecular complexity index is 1220. The van der Waals surface area contributed by atoms with Crippen molar-refractivity contribution in [1.82, 2.24) is 4.90 Å². The van der Waals surface area contributed by atoms with Crippen molar-refractivity contribution in [2.45, 2.75) is 192 Å². The lowest BCUT2D eigenvalue weighted by molar-refractivity contribution is -0.318. The number of likely N-dealkylation sites (N-methyl/N-ethyl adjacent to an activating group) is 1. The molecular formula is C39H71NO13. The number of rotatable bonds is 8. The molecule has 3 rings (SSSR count). The lowest BCUT2D eigenvalue weighted by atomic mass is 9.73. The van der Waals surface area contributed by atoms with Gasteiger partial charge in [-0.3, -0.25) is 4.79 Å². The molecule has 6 N–H and O–H groups in total. The van der Waals surface area contributed by atoms with Gasteiger partial charge in [-0.1, -0.05) is 34.3 Å². The summed E-state index contributed by atoms with van der Waals surface area (Å²) < 4.78 is 37.3. The zero-order chi connectivity index (χ0) is 40.5. The summed E-state index contributed by atoms with van der Waals surface area (Å²) in [7, 11) is 3.32. The van der Waals surface area contributed by atoms with E-state index < -0.39 is 114 Å². The fraction of sp³-hybridized carbons (Fsp3) is 0.923. The molecule has 0 amide bonds. The molecule has 0 aliphatic carbocycles. The molecule has 19 atom stereocenters. The number of aliphatic hydroxyl groups is 6. The number of carbonyl (C=O) groups is 1. The van der Waals surface area contributed by atoms with Gasteiger partial charge in [0.2, 0.25) is 0 Å². The van der Waals surface area contributed by atoms with E-state index in [0.29, 0.717) is 6.42 Å². The van der Waals surface area contributed by atoms with Gasteiger partial charge in [0, 0.05) is 38.1 Å². The maximum atomic E-state index is 14.1. The number of allylic oxidation sites excluding steroid dienone is 1. The van der Waals surface area contributed by atoms with Crippen LogP contribution in [0.25, 0.3) is 0 Å². The molecule has 0 aromatic carbocycles. The van der Waals surface area contributed by atoms with Crippen LogP contribution in [0.15, 0.2) is 12.3 Å². The third kappa shape index (κ3) is 9.94. The summed E-state index contributed by atoms with van der Waals surface area (Å²) in [5, 5.41) is 69.7. The number of carbonyl (C=O) groups excluding carboxylic acids is 1. The summed E-state index contributed by atoms with van der Waals surface area (Å²) in [6.45, 7) is 22.5. The lowest BCUT2D eigenvalue weighted by Gasteiger charge is -2.49. The van der Waals surface area contributed by atoms with Gasteiger partial charge in [-0.15, -0.1) is 0 Å². The molecule has 3 heterocycles. The average molecular weight is 762 g/mol. The molecule has 0 saturated carbocycles. The third-order valence-electron chi connectivity index (χ3n) is 12.5. The minimum absolute atomic E-state index is 0.0521. The largest absolute Gasteiger partial charge is 0.459 e. The molecule has 3 aliphatic heterocycles. The number of nitrogens with zero attached hydrogens (tertiary/aromatic N) is 1. The molecule has 3 fully saturated rings. The number of aliphatic hydroxyl groups excluding tert-OH is 4. The molecule has 0 bridgehead atoms. The monoisotopic (exact) mass is 761 g/mol. The number of hydrogen-bond donors (Lipinski definition) is 6. The van der Waals surface area contributed by atoms with Crippen molar-refractivity contribution in [3.8, 4) is 0 Å². The first kappa shape index (κ1) is 46.0. The van der Waals surface area contributed by atoms with Gasteiger partial charge in [0.1, 0.15) is 23.9 Å². The smallest absolute Gasteiger partial charge is 0.311 e. The van der Waals surface area contributed by atoms with Gasteiger partial charge in [-0.2, -0.15) is 0 Å². The second-order valence-corrected chi connectivity index (χ2v) is 17.1. The maximum Gasteiger partial charge on any atom is 0.311 e. The number of cyclic esters (lactones) is 1. The fourth-order valence-electron chi connectivity index (χ4n) is 8.74. The Kier molecular flexibility index (Phi) is 15.4. The summed E-state index contributed by atoms with van der Waals surface area (Å²) in [6.07, 6.45) is -10.8. The summed E-state index contributed by atoms with van der Waals surface area (Å²) >= 11 is 0. The highest BCUT2D eigenvalue weighted by Gasteiger charge is 2.53. The highest BCUT2D eigenvalue weighted by atomic mass is 16.7. The van der Waals surface area contributed by atoms with Crippen LogP contribution in [0.3, 0.4) is 0 Å². The minimum atomic E-state index is -1.94. The van der Waals surface area contributed by atoms with E-state index in [-0.39, 0.29) is 25.4 Å². The van der Waals surface area contributed by atoms with Crippen molar-refractivity contribution < 1.29 is 63.9 Å². The summed E-state index contributed by atoms with van der Waals surface area (Å²) in [4.78, 5) is 16.0. The first-order valence-electron chi connectivity index (χ1n) is 19.3. The molecule has 3 saturated heterocycles. The molecule has 0 unspecified atom stereocenters. The van der Waals surface area contributed by atoms with E-state index in [4.69, 9.17) is 28.4 Å². The normalized spacial score (nSPS) is 49.5. The SMILES string of the molecule is C=C(C)N(C)[C@H]1C[C@@H](C)O[C@@H](O[C@@H]2[C@@H](C)[C@H](O[C@H]3C[C@@](C)(OC)[C@@H](O)[C@H](C)O3)[C@@H](C)C(=O)O[C@H](CC)[C@@](C)(O)[C@H](O)[C@@H](C)[C@@H](O)[C@H](C)C[C@@]2(C)O)[C@@H]1O. The molecule has 310 valence electrons. The highest BCUT2D eigenvalue weighted by molar-refractivity contribution is 5.73. The Morgan fingerprint density at radius 1 is 0.925 bits per heavy atom. The van der Waals surface area contributed by atoms with Crippen molar-refractivity contribution in [2.75, 3.05) is 14.2 Å². The standard InChI is InChI=1S/C39H71NO13/c1-15-27-39(12,47)32(43)22(6)29(41)20(4)17-37(10,46)34(53-36-30(42)26(16-21(5)49-36)40(13)19(2)3)23(7)31(24(8)35(45)51-27)52-28-18-38(11,48-14)33(44)25(9)50-28/h20-34,36,41-44,46-47H,2,15-18H2,1,3-14H3/t20-,21-,22+,23+,24-,25+,26+,27-,28+,29+,30-,31+,32-,33+,34-,36+,37-,38-,39-/m1/s1. The van der Waals surface area contributed by atoms with Crippen molar-refractivity contribution >= 4 is 5.97 Å². The van der Waals surface area contributed by atoms with Crippen molar-refractivity contribution in [1.29, 1.82) is 0 Å². The van der Waals surface area contributed by atoms with E-state index >= 15 is 0 Å². The van der Waals surface area contributed by atoms with E-state index in [2.05, 4.69) is 6.58 Å². The third-order valence-corrected chi connectivity index (χ3v) is 12.5. The minimum Gasteiger partial charge on any atom is -0.459 e. The zero-order valence-electron chi connectivity index (χ0n) is 34.3. The highest BCUT2D eigenvalue weighted by Crippen LogP contribution is 2.41. The Hall–Kier alpha value is -1.43. The van der Waals surface area contributed by atoms with Crippen molar-refractivity contribution in [2.24, 2.45) is 23.7 Å². The predicted molar refractivity (Wildman–Crippen MR) is 196 cm³/mol. The second-order valence-electron chi connectivity index (χ2n) is 17.1. The van der Waals surface area contributed by atoms with Crippen LogP contribution in [-0.4, -0.2) is 146 Å². The van der Waals surface area contributed by atoms with Crippen LogP contribution in [0.5, 0.6) is 0 Å². The van der Waals surface area contributed by atoms with Crippen LogP contribution in [0.4, 0.5) is 0 Å². The lowest BCUT2D eigenvalue weighted by Crippen LogP contribution is -2.61. The van der Waals surface area contributed by atoms with Crippen molar-refractivity contribution in [3.63, 3.8) is 0 Å². The Morgan fingerprint density at radius 2 is 1.53 bits per heavy atom. The van der Waals surface area contributed by atoms with Gasteiger partial charge in [0.15, 0.2) is 12.6 Å². The second kappa shape index (κ2) is 17.8. The average Bonchev–Trinajstić information content (AvgIpc) is 3.08. The summed E-state index contributed by atoms with van der Waals surface area (Å²) in [5.74, 6) is -4.18. The van der Waals surface area contributed by atoms with E-state index in [1.807, 2.05) is 25.8 Å². The number of ether oxygens (including phenoxy) is 6. The van der Waals surface area contributed by atoms with Crippen LogP contribution >= 0.6 is 0 Å². The van der Waals surface area contributed by atoms with Gasteiger partial charge in [-0.05, 0) is 73.6 Å². The molecule has 14 heteroatoms. The first-order valence-corrected chi connectivity index (χ1v) is 19.3. The van der Waals surface area contributed by atoms with E-state index in [0.717, 1.165) is 5.70 Å². The number of hydrogen-bond acceptors (Lipinski definition) is 14. The Balaban J connectivity index is 2.19. The molecule has 0 aromatic rings. The number of methoxy groups -OCH3 is 1. The first-order chi connectivity index (χ1) is 24.3. The van der Waals surface area contributed by atoms with Crippen LogP contribution in [0.2, 0.25) is 0 Å². The van der Waals surface area contributed by atoms with E-state index in [1.165, 1.54) is 14.0 Å². The van der Waals surface area contributed by atoms with Gasteiger partial charge in [0.05, 0.1) is 59.8 Å². The zero-order valence-corrected chi connectivity index (χ0v) is 34.3. The molecule has 0 spiro atoms. The Labute approximate surface area is 316 Å². The van der Waals surface area contributed by atoms with E-state index in [9.17, 15) is 35.4 Å². The summed E-state index contributed by atoms with van der Waals surface area (Å²) in [6, 6.07) is -0.418. The fourth-order valence-corrected chi connectivity index (χ4v) is 8.74. The predicted octanol–water partition coefficient (Wildman–Crippen LogP) is 2.48. The number of esters is 1. The molecule has 0 radical (unpaired) electrons. The van der Waals surface area contributed by atoms with Crippen LogP contribution < -0.4 is 0 Å². The maximum absolute atomic E-state index is 14.1. The Morgan fingerprint density at radius 3 is 2.08 bits per heavy atom. The molecule has 0 aromatic heterocycles. The summed E-state index contributed by atoms with van der Waals surface area (Å²) in [5.41, 5.74) is -4.02. The van der Waals surface area contributed by atoms with Crippen LogP contribution in [0.1, 0.15) is 102 Å². The quantitative estimate of drug-likeness (QED) is 0.197. The topological polar surface area (TPSA) is 197 Å². The van der Waals surface area contributed by atoms with Gasteiger partial charge >= 0.3 is 5.97 Å². The molecule has 3 aliphatic rings. The molecular weight excluding hydrogens is 690 g/mol. The molecule has 14 nitrogen and oxygen atoms in total. The molecule has 53 heavy (non-hydrogen) atoms. The van der Waals surface area contributed by atoms with Gasteiger partial charge in [0.25, 0.3) is 0 Å². The van der Waals surface area contributed by atoms with Gasteiger partial charge in [-0.25, -0.2) is 0 Å². The van der Waals surface area contributed by atoms with Crippen LogP contribution in [-0.2, 0) is 33.2 Å². The van der Waals surface area contributed by atoms with E-state index in [1.54, 1.807) is 55.4 Å².